The predicted octanol–water partition coefficient (Wildman–Crippen LogP) is 1.17. The van der Waals surface area contributed by atoms with Gasteiger partial charge in [0, 0.05) is 0 Å². The van der Waals surface area contributed by atoms with Crippen LogP contribution in [0.4, 0.5) is 22.0 Å². The molecule has 9 heavy (non-hydrogen) atoms. The van der Waals surface area contributed by atoms with Gasteiger partial charge in [-0.15, -0.1) is 0 Å². The molecule has 0 bridgehead atoms. The van der Waals surface area contributed by atoms with Gasteiger partial charge in [-0.05, 0) is 0 Å². The molecule has 0 saturated carbocycles. The second-order valence-corrected chi connectivity index (χ2v) is 1.32. The monoisotopic (exact) mass is 150 g/mol. The summed E-state index contributed by atoms with van der Waals surface area (Å²) in [5.41, 5.74) is 0. The summed E-state index contributed by atoms with van der Waals surface area (Å²) in [6.07, 6.45) is -12.6. The summed E-state index contributed by atoms with van der Waals surface area (Å²) in [5, 5.41) is 7.27. The standard InChI is InChI=1S/C3H3F5O/c4-1(2(5)6)3(7,8)9/h1-2,9H. The third-order valence-corrected chi connectivity index (χ3v) is 0.553. The first-order chi connectivity index (χ1) is 3.85. The van der Waals surface area contributed by atoms with E-state index in [0.717, 1.165) is 0 Å². The summed E-state index contributed by atoms with van der Waals surface area (Å²) in [6.45, 7) is 0. The zero-order valence-corrected chi connectivity index (χ0v) is 3.99. The largest absolute Gasteiger partial charge is 0.390 e. The van der Waals surface area contributed by atoms with E-state index in [-0.39, 0.29) is 0 Å². The lowest BCUT2D eigenvalue weighted by Gasteiger charge is -2.11. The van der Waals surface area contributed by atoms with Crippen molar-refractivity contribution in [1.82, 2.24) is 0 Å². The Morgan fingerprint density at radius 3 is 1.44 bits per heavy atom. The molecule has 0 aliphatic heterocycles. The van der Waals surface area contributed by atoms with Crippen LogP contribution in [-0.2, 0) is 0 Å². The van der Waals surface area contributed by atoms with Gasteiger partial charge < -0.3 is 5.11 Å². The zero-order chi connectivity index (χ0) is 7.65. The van der Waals surface area contributed by atoms with Crippen molar-refractivity contribution >= 4 is 0 Å². The van der Waals surface area contributed by atoms with Crippen LogP contribution in [0.25, 0.3) is 0 Å². The number of halogens is 5. The Balaban J connectivity index is 3.88. The third kappa shape index (κ3) is 2.59. The smallest absolute Gasteiger partial charge is 0.334 e. The molecular formula is C3H3F5O. The maximum absolute atomic E-state index is 11.3. The molecule has 0 aromatic rings. The van der Waals surface area contributed by atoms with Crippen LogP contribution >= 0.6 is 0 Å². The molecule has 0 amide bonds. The second kappa shape index (κ2) is 2.47. The highest BCUT2D eigenvalue weighted by Gasteiger charge is 2.44. The van der Waals surface area contributed by atoms with Gasteiger partial charge in [0.2, 0.25) is 0 Å². The van der Waals surface area contributed by atoms with E-state index in [2.05, 4.69) is 0 Å². The van der Waals surface area contributed by atoms with Crippen LogP contribution < -0.4 is 0 Å². The van der Waals surface area contributed by atoms with E-state index in [4.69, 9.17) is 5.11 Å². The van der Waals surface area contributed by atoms with Crippen LogP contribution in [0, 0.1) is 0 Å². The van der Waals surface area contributed by atoms with Gasteiger partial charge in [0.1, 0.15) is 0 Å². The van der Waals surface area contributed by atoms with Crippen LogP contribution in [0.5, 0.6) is 0 Å². The Hall–Kier alpha value is -0.390. The highest BCUT2D eigenvalue weighted by Crippen LogP contribution is 2.22. The molecule has 56 valence electrons. The van der Waals surface area contributed by atoms with Crippen LogP contribution in [-0.4, -0.2) is 23.8 Å². The van der Waals surface area contributed by atoms with Crippen molar-refractivity contribution in [3.05, 3.63) is 0 Å². The number of rotatable bonds is 2. The molecule has 0 saturated heterocycles. The molecule has 1 N–H and O–H groups in total. The number of alkyl halides is 5. The van der Waals surface area contributed by atoms with Crippen molar-refractivity contribution in [1.29, 1.82) is 0 Å². The predicted molar refractivity (Wildman–Crippen MR) is 18.1 cm³/mol. The van der Waals surface area contributed by atoms with E-state index in [9.17, 15) is 22.0 Å². The van der Waals surface area contributed by atoms with Crippen LogP contribution in [0.1, 0.15) is 0 Å². The van der Waals surface area contributed by atoms with Crippen molar-refractivity contribution in [2.45, 2.75) is 18.7 Å². The Morgan fingerprint density at radius 1 is 1.11 bits per heavy atom. The maximum atomic E-state index is 11.3. The molecule has 0 aromatic heterocycles. The summed E-state index contributed by atoms with van der Waals surface area (Å²) in [6, 6.07) is 0. The van der Waals surface area contributed by atoms with Gasteiger partial charge >= 0.3 is 6.11 Å². The van der Waals surface area contributed by atoms with Crippen molar-refractivity contribution in [2.75, 3.05) is 0 Å². The molecule has 0 aliphatic rings. The van der Waals surface area contributed by atoms with Gasteiger partial charge in [0.05, 0.1) is 0 Å². The van der Waals surface area contributed by atoms with Gasteiger partial charge in [-0.2, -0.15) is 8.78 Å². The van der Waals surface area contributed by atoms with Crippen molar-refractivity contribution in [3.8, 4) is 0 Å². The minimum Gasteiger partial charge on any atom is -0.334 e. The van der Waals surface area contributed by atoms with Gasteiger partial charge in [-0.25, -0.2) is 13.2 Å². The molecule has 0 rings (SSSR count). The highest BCUT2D eigenvalue weighted by molar-refractivity contribution is 4.66. The molecular weight excluding hydrogens is 147 g/mol. The highest BCUT2D eigenvalue weighted by atomic mass is 19.3. The van der Waals surface area contributed by atoms with Crippen molar-refractivity contribution in [3.63, 3.8) is 0 Å². The average molecular weight is 150 g/mol. The maximum Gasteiger partial charge on any atom is 0.390 e. The van der Waals surface area contributed by atoms with Crippen molar-refractivity contribution in [2.24, 2.45) is 0 Å². The lowest BCUT2D eigenvalue weighted by atomic mass is 10.4. The molecule has 0 radical (unpaired) electrons. The van der Waals surface area contributed by atoms with Gasteiger partial charge in [-0.1, -0.05) is 0 Å². The molecule has 1 nitrogen and oxygen atoms in total. The third-order valence-electron chi connectivity index (χ3n) is 0.553. The first-order valence-corrected chi connectivity index (χ1v) is 1.88. The fourth-order valence-electron chi connectivity index (χ4n) is 0.152. The van der Waals surface area contributed by atoms with E-state index in [1.807, 2.05) is 0 Å². The Morgan fingerprint density at radius 2 is 1.44 bits per heavy atom. The Labute approximate surface area is 47.1 Å². The first-order valence-electron chi connectivity index (χ1n) is 1.88. The molecule has 0 aromatic carbocycles. The van der Waals surface area contributed by atoms with Gasteiger partial charge in [0.15, 0.2) is 0 Å². The van der Waals surface area contributed by atoms with Crippen LogP contribution in [0.2, 0.25) is 0 Å². The molecule has 0 aliphatic carbocycles. The quantitative estimate of drug-likeness (QED) is 0.586. The van der Waals surface area contributed by atoms with E-state index in [1.54, 1.807) is 0 Å². The minimum absolute atomic E-state index is 3.79. The first kappa shape index (κ1) is 8.61. The van der Waals surface area contributed by atoms with Crippen LogP contribution in [0.15, 0.2) is 0 Å². The molecule has 0 spiro atoms. The number of hydrogen-bond acceptors (Lipinski definition) is 1. The summed E-state index contributed by atoms with van der Waals surface area (Å²) in [4.78, 5) is 0. The average Bonchev–Trinajstić information content (AvgIpc) is 1.62. The number of aliphatic hydroxyl groups is 1. The SMILES string of the molecule is OC(F)(F)C(F)C(F)F. The lowest BCUT2D eigenvalue weighted by Crippen LogP contribution is -2.34. The summed E-state index contributed by atoms with van der Waals surface area (Å²) in [5.74, 6) is 0. The zero-order valence-electron chi connectivity index (χ0n) is 3.99. The summed E-state index contributed by atoms with van der Waals surface area (Å²) in [7, 11) is 0. The molecule has 0 fully saturated rings. The molecule has 1 unspecified atom stereocenters. The topological polar surface area (TPSA) is 20.2 Å². The fourth-order valence-corrected chi connectivity index (χ4v) is 0.152. The van der Waals surface area contributed by atoms with Gasteiger partial charge in [0.25, 0.3) is 12.6 Å². The fraction of sp³-hybridized carbons (Fsp3) is 1.00. The molecule has 0 heterocycles. The lowest BCUT2D eigenvalue weighted by molar-refractivity contribution is -0.263. The van der Waals surface area contributed by atoms with E-state index in [0.29, 0.717) is 0 Å². The van der Waals surface area contributed by atoms with Gasteiger partial charge in [-0.3, -0.25) is 0 Å². The second-order valence-electron chi connectivity index (χ2n) is 1.32. The van der Waals surface area contributed by atoms with E-state index >= 15 is 0 Å². The summed E-state index contributed by atoms with van der Waals surface area (Å²) < 4.78 is 55.2. The number of hydrogen-bond donors (Lipinski definition) is 1. The van der Waals surface area contributed by atoms with Crippen molar-refractivity contribution < 1.29 is 27.1 Å². The van der Waals surface area contributed by atoms with E-state index in [1.165, 1.54) is 0 Å². The van der Waals surface area contributed by atoms with E-state index < -0.39 is 18.7 Å². The Bertz CT molecular complexity index is 86.7. The molecule has 1 atom stereocenters. The van der Waals surface area contributed by atoms with Crippen LogP contribution in [0.3, 0.4) is 0 Å². The minimum atomic E-state index is -4.94. The normalized spacial score (nSPS) is 16.3. The summed E-state index contributed by atoms with van der Waals surface area (Å²) >= 11 is 0. The molecule has 6 heteroatoms. The Kier molecular flexibility index (Phi) is 2.36.